The van der Waals surface area contributed by atoms with Crippen molar-refractivity contribution in [2.75, 3.05) is 24.1 Å². The topological polar surface area (TPSA) is 143 Å². The van der Waals surface area contributed by atoms with Crippen molar-refractivity contribution in [3.63, 3.8) is 0 Å². The van der Waals surface area contributed by atoms with Crippen LogP contribution in [-0.4, -0.2) is 38.7 Å². The third-order valence-corrected chi connectivity index (χ3v) is 5.15. The number of aryl methyl sites for hydroxylation is 3. The Balaban J connectivity index is 1.77. The van der Waals surface area contributed by atoms with Crippen molar-refractivity contribution in [2.24, 2.45) is 0 Å². The van der Waals surface area contributed by atoms with E-state index in [9.17, 15) is 14.9 Å². The first-order valence-corrected chi connectivity index (χ1v) is 10.2. The van der Waals surface area contributed by atoms with Crippen LogP contribution in [0.1, 0.15) is 35.7 Å². The molecule has 0 atom stereocenters. The highest BCUT2D eigenvalue weighted by molar-refractivity contribution is 5.69. The molecule has 0 bridgehead atoms. The molecule has 0 spiro atoms. The van der Waals surface area contributed by atoms with Crippen LogP contribution in [0.4, 0.5) is 11.6 Å². The van der Waals surface area contributed by atoms with Gasteiger partial charge >= 0.3 is 0 Å². The lowest BCUT2D eigenvalue weighted by Gasteiger charge is -2.11. The van der Waals surface area contributed by atoms with E-state index in [-0.39, 0.29) is 16.9 Å². The van der Waals surface area contributed by atoms with Gasteiger partial charge in [0.15, 0.2) is 5.65 Å². The molecule has 0 unspecified atom stereocenters. The fourth-order valence-corrected chi connectivity index (χ4v) is 3.55. The van der Waals surface area contributed by atoms with Gasteiger partial charge in [-0.05, 0) is 32.3 Å². The average molecular weight is 422 g/mol. The first-order chi connectivity index (χ1) is 15.0. The summed E-state index contributed by atoms with van der Waals surface area (Å²) >= 11 is 0. The standard InChI is InChI=1S/C21H26N8O2/c1-3-16-14(2)27-29-18(23)17(12-22)19(26-20(16)29)25-9-7-15-6-4-10-28(21(15)31)11-5-8-24-13-30/h4,6,10,13H,3,5,7-9,11,23H2,1-2H3,(H,24,30)(H,25,26). The van der Waals surface area contributed by atoms with Crippen LogP contribution in [0, 0.1) is 18.3 Å². The molecule has 0 fully saturated rings. The predicted octanol–water partition coefficient (Wildman–Crippen LogP) is 1.01. The molecule has 1 amide bonds. The molecule has 0 aromatic carbocycles. The van der Waals surface area contributed by atoms with E-state index >= 15 is 0 Å². The van der Waals surface area contributed by atoms with Crippen molar-refractivity contribution in [1.82, 2.24) is 24.5 Å². The van der Waals surface area contributed by atoms with E-state index in [1.54, 1.807) is 16.8 Å². The van der Waals surface area contributed by atoms with Gasteiger partial charge in [0.1, 0.15) is 23.3 Å². The number of anilines is 2. The number of nitrogens with two attached hydrogens (primary N) is 1. The Morgan fingerprint density at radius 1 is 1.35 bits per heavy atom. The lowest BCUT2D eigenvalue weighted by molar-refractivity contribution is -0.109. The van der Waals surface area contributed by atoms with Crippen molar-refractivity contribution in [3.05, 3.63) is 51.1 Å². The molecule has 162 valence electrons. The molecule has 10 heteroatoms. The minimum Gasteiger partial charge on any atom is -0.382 e. The molecule has 3 rings (SSSR count). The van der Waals surface area contributed by atoms with Crippen molar-refractivity contribution in [2.45, 2.75) is 39.7 Å². The maximum absolute atomic E-state index is 12.7. The lowest BCUT2D eigenvalue weighted by Crippen LogP contribution is -2.26. The zero-order chi connectivity index (χ0) is 22.4. The van der Waals surface area contributed by atoms with Gasteiger partial charge in [-0.15, -0.1) is 0 Å². The van der Waals surface area contributed by atoms with Crippen LogP contribution in [-0.2, 0) is 24.2 Å². The second-order valence-corrected chi connectivity index (χ2v) is 7.12. The van der Waals surface area contributed by atoms with Gasteiger partial charge in [0, 0.05) is 37.0 Å². The highest BCUT2D eigenvalue weighted by Gasteiger charge is 2.18. The van der Waals surface area contributed by atoms with Crippen molar-refractivity contribution < 1.29 is 4.79 Å². The number of carbonyl (C=O) groups excluding carboxylic acids is 1. The fourth-order valence-electron chi connectivity index (χ4n) is 3.55. The van der Waals surface area contributed by atoms with Crippen LogP contribution in [0.25, 0.3) is 5.65 Å². The van der Waals surface area contributed by atoms with E-state index in [0.29, 0.717) is 55.9 Å². The lowest BCUT2D eigenvalue weighted by atomic mass is 10.2. The van der Waals surface area contributed by atoms with Gasteiger partial charge < -0.3 is 20.9 Å². The first-order valence-electron chi connectivity index (χ1n) is 10.2. The van der Waals surface area contributed by atoms with Gasteiger partial charge in [-0.2, -0.15) is 14.9 Å². The molecule has 3 aromatic heterocycles. The number of aromatic nitrogens is 4. The molecular weight excluding hydrogens is 396 g/mol. The number of pyridine rings is 1. The maximum Gasteiger partial charge on any atom is 0.253 e. The summed E-state index contributed by atoms with van der Waals surface area (Å²) in [4.78, 5) is 27.6. The van der Waals surface area contributed by atoms with E-state index in [2.05, 4.69) is 26.8 Å². The Bertz CT molecular complexity index is 1190. The minimum atomic E-state index is -0.0708. The van der Waals surface area contributed by atoms with Crippen LogP contribution in [0.2, 0.25) is 0 Å². The Kier molecular flexibility index (Phi) is 6.87. The van der Waals surface area contributed by atoms with Gasteiger partial charge in [0.05, 0.1) is 5.69 Å². The number of hydrogen-bond donors (Lipinski definition) is 3. The summed E-state index contributed by atoms with van der Waals surface area (Å²) < 4.78 is 3.14. The third kappa shape index (κ3) is 4.50. The molecule has 4 N–H and O–H groups in total. The molecule has 0 radical (unpaired) electrons. The van der Waals surface area contributed by atoms with E-state index in [1.807, 2.05) is 19.9 Å². The molecular formula is C21H26N8O2. The quantitative estimate of drug-likeness (QED) is 0.327. The van der Waals surface area contributed by atoms with Gasteiger partial charge in [0.2, 0.25) is 6.41 Å². The molecule has 3 aromatic rings. The van der Waals surface area contributed by atoms with E-state index in [1.165, 1.54) is 4.52 Å². The van der Waals surface area contributed by atoms with Gasteiger partial charge in [-0.1, -0.05) is 13.0 Å². The number of nitrogen functional groups attached to an aromatic ring is 1. The van der Waals surface area contributed by atoms with Crippen molar-refractivity contribution >= 4 is 23.7 Å². The van der Waals surface area contributed by atoms with Gasteiger partial charge in [-0.25, -0.2) is 4.98 Å². The number of nitrogens with one attached hydrogen (secondary N) is 2. The summed E-state index contributed by atoms with van der Waals surface area (Å²) in [5.74, 6) is 0.627. The minimum absolute atomic E-state index is 0.0708. The zero-order valence-corrected chi connectivity index (χ0v) is 17.7. The van der Waals surface area contributed by atoms with Crippen LogP contribution in [0.3, 0.4) is 0 Å². The summed E-state index contributed by atoms with van der Waals surface area (Å²) in [6, 6.07) is 5.71. The highest BCUT2D eigenvalue weighted by Crippen LogP contribution is 2.24. The Labute approximate surface area is 179 Å². The molecule has 3 heterocycles. The predicted molar refractivity (Wildman–Crippen MR) is 118 cm³/mol. The van der Waals surface area contributed by atoms with Crippen LogP contribution in [0.15, 0.2) is 23.1 Å². The summed E-state index contributed by atoms with van der Waals surface area (Å²) in [5.41, 5.74) is 9.43. The van der Waals surface area contributed by atoms with E-state index in [0.717, 1.165) is 17.7 Å². The number of nitriles is 1. The summed E-state index contributed by atoms with van der Waals surface area (Å²) in [6.45, 7) is 5.36. The summed E-state index contributed by atoms with van der Waals surface area (Å²) in [7, 11) is 0. The number of carbonyl (C=O) groups is 1. The smallest absolute Gasteiger partial charge is 0.253 e. The number of hydrogen-bond acceptors (Lipinski definition) is 7. The van der Waals surface area contributed by atoms with Gasteiger partial charge in [0.25, 0.3) is 5.56 Å². The fraction of sp³-hybridized carbons (Fsp3) is 0.381. The Hall–Kier alpha value is -3.87. The number of fused-ring (bicyclic) bond motifs is 1. The molecule has 0 aliphatic rings. The third-order valence-electron chi connectivity index (χ3n) is 5.15. The van der Waals surface area contributed by atoms with Crippen LogP contribution >= 0.6 is 0 Å². The highest BCUT2D eigenvalue weighted by atomic mass is 16.1. The zero-order valence-electron chi connectivity index (χ0n) is 17.7. The second-order valence-electron chi connectivity index (χ2n) is 7.12. The van der Waals surface area contributed by atoms with Crippen molar-refractivity contribution in [1.29, 1.82) is 5.26 Å². The second kappa shape index (κ2) is 9.75. The van der Waals surface area contributed by atoms with Crippen LogP contribution < -0.4 is 21.9 Å². The summed E-state index contributed by atoms with van der Waals surface area (Å²) in [6.07, 6.45) is 4.26. The van der Waals surface area contributed by atoms with Gasteiger partial charge in [-0.3, -0.25) is 9.59 Å². The average Bonchev–Trinajstić information content (AvgIpc) is 3.09. The molecule has 0 saturated carbocycles. The molecule has 10 nitrogen and oxygen atoms in total. The monoisotopic (exact) mass is 422 g/mol. The first kappa shape index (κ1) is 21.8. The number of amides is 1. The number of nitrogens with zero attached hydrogens (tertiary/aromatic N) is 5. The summed E-state index contributed by atoms with van der Waals surface area (Å²) in [5, 5.41) is 19.7. The molecule has 0 aliphatic carbocycles. The Morgan fingerprint density at radius 3 is 2.87 bits per heavy atom. The van der Waals surface area contributed by atoms with Crippen molar-refractivity contribution in [3.8, 4) is 6.07 Å². The number of rotatable bonds is 10. The van der Waals surface area contributed by atoms with E-state index in [4.69, 9.17) is 5.73 Å². The molecule has 0 aliphatic heterocycles. The molecule has 31 heavy (non-hydrogen) atoms. The maximum atomic E-state index is 12.7. The SMILES string of the molecule is CCc1c(C)nn2c(N)c(C#N)c(NCCc3cccn(CCCNC=O)c3=O)nc12. The van der Waals surface area contributed by atoms with E-state index < -0.39 is 0 Å². The molecule has 0 saturated heterocycles. The van der Waals surface area contributed by atoms with Crippen LogP contribution in [0.5, 0.6) is 0 Å². The normalized spacial score (nSPS) is 10.7. The Morgan fingerprint density at radius 2 is 2.16 bits per heavy atom. The largest absolute Gasteiger partial charge is 0.382 e.